The number of aromatic nitrogens is 3. The quantitative estimate of drug-likeness (QED) is 0.854. The molecule has 0 bridgehead atoms. The number of piperidine rings is 1. The molecule has 3 aliphatic rings. The van der Waals surface area contributed by atoms with Crippen LogP contribution in [0.2, 0.25) is 0 Å². The zero-order chi connectivity index (χ0) is 18.8. The lowest BCUT2D eigenvalue weighted by Gasteiger charge is -2.31. The van der Waals surface area contributed by atoms with E-state index in [9.17, 15) is 9.59 Å². The number of hydrogen-bond acceptors (Lipinski definition) is 4. The van der Waals surface area contributed by atoms with E-state index in [1.54, 1.807) is 7.05 Å². The van der Waals surface area contributed by atoms with E-state index in [4.69, 9.17) is 0 Å². The molecule has 0 atom stereocenters. The van der Waals surface area contributed by atoms with Gasteiger partial charge in [0.15, 0.2) is 0 Å². The van der Waals surface area contributed by atoms with E-state index >= 15 is 0 Å². The van der Waals surface area contributed by atoms with Crippen molar-refractivity contribution in [2.75, 3.05) is 19.6 Å². The Bertz CT molecular complexity index is 704. The summed E-state index contributed by atoms with van der Waals surface area (Å²) in [5.41, 5.74) is 0.0373. The maximum absolute atomic E-state index is 12.6. The molecule has 2 aliphatic carbocycles. The van der Waals surface area contributed by atoms with Gasteiger partial charge in [0.2, 0.25) is 5.91 Å². The molecule has 0 unspecified atom stereocenters. The SMILES string of the molecule is Cn1nc(C2CCN(CC(=O)NC3CCCC3)CC2)n(C2CCCC2)c1=O. The number of rotatable bonds is 5. The van der Waals surface area contributed by atoms with Gasteiger partial charge in [0.25, 0.3) is 0 Å². The Morgan fingerprint density at radius 3 is 2.33 bits per heavy atom. The van der Waals surface area contributed by atoms with Crippen molar-refractivity contribution in [3.05, 3.63) is 16.3 Å². The normalized spacial score (nSPS) is 23.3. The van der Waals surface area contributed by atoms with Gasteiger partial charge in [-0.1, -0.05) is 25.7 Å². The van der Waals surface area contributed by atoms with Crippen molar-refractivity contribution in [2.24, 2.45) is 7.05 Å². The number of amides is 1. The molecular weight excluding hydrogens is 342 g/mol. The minimum absolute atomic E-state index is 0.0373. The number of aryl methyl sites for hydroxylation is 1. The minimum Gasteiger partial charge on any atom is -0.352 e. The average molecular weight is 376 g/mol. The van der Waals surface area contributed by atoms with Crippen molar-refractivity contribution in [3.8, 4) is 0 Å². The number of carbonyl (C=O) groups excluding carboxylic acids is 1. The summed E-state index contributed by atoms with van der Waals surface area (Å²) in [5.74, 6) is 1.47. The molecule has 1 aromatic heterocycles. The van der Waals surface area contributed by atoms with Crippen LogP contribution >= 0.6 is 0 Å². The Kier molecular flexibility index (Phi) is 5.66. The first-order chi connectivity index (χ1) is 13.1. The third-order valence-corrected chi connectivity index (χ3v) is 6.71. The third kappa shape index (κ3) is 4.13. The largest absolute Gasteiger partial charge is 0.352 e. The van der Waals surface area contributed by atoms with Gasteiger partial charge in [-0.3, -0.25) is 14.3 Å². The van der Waals surface area contributed by atoms with Gasteiger partial charge in [-0.15, -0.1) is 0 Å². The molecule has 0 aromatic carbocycles. The molecule has 4 rings (SSSR count). The number of nitrogens with zero attached hydrogens (tertiary/aromatic N) is 4. The Labute approximate surface area is 161 Å². The van der Waals surface area contributed by atoms with Crippen molar-refractivity contribution >= 4 is 5.91 Å². The molecule has 3 fully saturated rings. The highest BCUT2D eigenvalue weighted by Gasteiger charge is 2.31. The minimum atomic E-state index is 0.0373. The number of likely N-dealkylation sites (tertiary alicyclic amines) is 1. The fourth-order valence-corrected chi connectivity index (χ4v) is 5.18. The van der Waals surface area contributed by atoms with Gasteiger partial charge in [-0.05, 0) is 51.6 Å². The number of carbonyl (C=O) groups is 1. The van der Waals surface area contributed by atoms with Crippen LogP contribution in [0.4, 0.5) is 0 Å². The Hall–Kier alpha value is -1.63. The lowest BCUT2D eigenvalue weighted by molar-refractivity contribution is -0.123. The van der Waals surface area contributed by atoms with Crippen LogP contribution in [0.1, 0.15) is 82.0 Å². The lowest BCUT2D eigenvalue weighted by Crippen LogP contribution is -2.44. The maximum Gasteiger partial charge on any atom is 0.345 e. The lowest BCUT2D eigenvalue weighted by atomic mass is 9.95. The predicted octanol–water partition coefficient (Wildman–Crippen LogP) is 1.94. The van der Waals surface area contributed by atoms with Crippen molar-refractivity contribution in [1.82, 2.24) is 24.6 Å². The topological polar surface area (TPSA) is 72.2 Å². The molecule has 2 saturated carbocycles. The molecule has 2 heterocycles. The van der Waals surface area contributed by atoms with Crippen LogP contribution in [0.15, 0.2) is 4.79 Å². The van der Waals surface area contributed by atoms with Crippen LogP contribution in [0.3, 0.4) is 0 Å². The molecule has 27 heavy (non-hydrogen) atoms. The van der Waals surface area contributed by atoms with Crippen molar-refractivity contribution < 1.29 is 4.79 Å². The first kappa shape index (κ1) is 18.7. The standard InChI is InChI=1S/C20H33N5O2/c1-23-20(27)25(17-8-4-5-9-17)19(22-23)15-10-12-24(13-11-15)14-18(26)21-16-6-2-3-7-16/h15-17H,2-14H2,1H3,(H,21,26). The molecule has 150 valence electrons. The van der Waals surface area contributed by atoms with E-state index in [0.29, 0.717) is 24.5 Å². The Balaban J connectivity index is 1.34. The monoisotopic (exact) mass is 375 g/mol. The smallest absolute Gasteiger partial charge is 0.345 e. The maximum atomic E-state index is 12.6. The molecule has 1 N–H and O–H groups in total. The summed E-state index contributed by atoms with van der Waals surface area (Å²) in [4.78, 5) is 27.1. The molecular formula is C20H33N5O2. The molecule has 1 aromatic rings. The van der Waals surface area contributed by atoms with Gasteiger partial charge >= 0.3 is 5.69 Å². The Morgan fingerprint density at radius 1 is 1.04 bits per heavy atom. The van der Waals surface area contributed by atoms with Gasteiger partial charge in [-0.25, -0.2) is 9.48 Å². The van der Waals surface area contributed by atoms with E-state index in [0.717, 1.165) is 57.4 Å². The van der Waals surface area contributed by atoms with Gasteiger partial charge in [0.1, 0.15) is 5.82 Å². The van der Waals surface area contributed by atoms with Crippen LogP contribution < -0.4 is 11.0 Å². The summed E-state index contributed by atoms with van der Waals surface area (Å²) in [5, 5.41) is 7.79. The molecule has 7 nitrogen and oxygen atoms in total. The summed E-state index contributed by atoms with van der Waals surface area (Å²) in [7, 11) is 1.76. The van der Waals surface area contributed by atoms with Crippen molar-refractivity contribution in [3.63, 3.8) is 0 Å². The molecule has 1 aliphatic heterocycles. The average Bonchev–Trinajstić information content (AvgIpc) is 3.39. The summed E-state index contributed by atoms with van der Waals surface area (Å²) >= 11 is 0. The van der Waals surface area contributed by atoms with Crippen LogP contribution in [-0.4, -0.2) is 50.8 Å². The second-order valence-electron chi connectivity index (χ2n) is 8.67. The van der Waals surface area contributed by atoms with Crippen LogP contribution in [0.5, 0.6) is 0 Å². The summed E-state index contributed by atoms with van der Waals surface area (Å²) in [6.07, 6.45) is 11.3. The van der Waals surface area contributed by atoms with Gasteiger partial charge in [0, 0.05) is 25.0 Å². The Morgan fingerprint density at radius 2 is 1.67 bits per heavy atom. The number of nitrogens with one attached hydrogen (secondary N) is 1. The highest BCUT2D eigenvalue weighted by atomic mass is 16.2. The summed E-state index contributed by atoms with van der Waals surface area (Å²) in [6, 6.07) is 0.723. The fraction of sp³-hybridized carbons (Fsp3) is 0.850. The summed E-state index contributed by atoms with van der Waals surface area (Å²) < 4.78 is 3.50. The zero-order valence-electron chi connectivity index (χ0n) is 16.5. The van der Waals surface area contributed by atoms with Gasteiger partial charge < -0.3 is 5.32 Å². The van der Waals surface area contributed by atoms with Crippen LogP contribution in [0.25, 0.3) is 0 Å². The van der Waals surface area contributed by atoms with Crippen LogP contribution in [0, 0.1) is 0 Å². The van der Waals surface area contributed by atoms with E-state index in [2.05, 4.69) is 15.3 Å². The molecule has 1 amide bonds. The van der Waals surface area contributed by atoms with Gasteiger partial charge in [-0.2, -0.15) is 5.10 Å². The first-order valence-corrected chi connectivity index (χ1v) is 10.8. The molecule has 1 saturated heterocycles. The predicted molar refractivity (Wildman–Crippen MR) is 104 cm³/mol. The second kappa shape index (κ2) is 8.17. The van der Waals surface area contributed by atoms with E-state index in [1.165, 1.54) is 30.4 Å². The van der Waals surface area contributed by atoms with E-state index in [-0.39, 0.29) is 11.6 Å². The van der Waals surface area contributed by atoms with Gasteiger partial charge in [0.05, 0.1) is 6.54 Å². The third-order valence-electron chi connectivity index (χ3n) is 6.71. The summed E-state index contributed by atoms with van der Waals surface area (Å²) in [6.45, 7) is 2.30. The highest BCUT2D eigenvalue weighted by molar-refractivity contribution is 5.78. The van der Waals surface area contributed by atoms with Crippen molar-refractivity contribution in [1.29, 1.82) is 0 Å². The van der Waals surface area contributed by atoms with Crippen molar-refractivity contribution in [2.45, 2.75) is 82.2 Å². The van der Waals surface area contributed by atoms with Crippen LogP contribution in [-0.2, 0) is 11.8 Å². The highest BCUT2D eigenvalue weighted by Crippen LogP contribution is 2.33. The van der Waals surface area contributed by atoms with E-state index < -0.39 is 0 Å². The van der Waals surface area contributed by atoms with E-state index in [1.807, 2.05) is 4.57 Å². The zero-order valence-corrected chi connectivity index (χ0v) is 16.5. The fourth-order valence-electron chi connectivity index (χ4n) is 5.18. The molecule has 0 radical (unpaired) electrons. The second-order valence-corrected chi connectivity index (χ2v) is 8.67. The number of hydrogen-bond donors (Lipinski definition) is 1. The first-order valence-electron chi connectivity index (χ1n) is 10.8. The molecule has 7 heteroatoms. The molecule has 0 spiro atoms.